The van der Waals surface area contributed by atoms with Crippen LogP contribution in [0, 0.1) is 6.92 Å². The first-order valence-corrected chi connectivity index (χ1v) is 8.03. The summed E-state index contributed by atoms with van der Waals surface area (Å²) in [6, 6.07) is 4.19. The summed E-state index contributed by atoms with van der Waals surface area (Å²) in [7, 11) is 1.52. The van der Waals surface area contributed by atoms with Gasteiger partial charge >= 0.3 is 5.63 Å². The van der Waals surface area contributed by atoms with Gasteiger partial charge in [-0.15, -0.1) is 0 Å². The summed E-state index contributed by atoms with van der Waals surface area (Å²) in [5.41, 5.74) is 0.667. The predicted molar refractivity (Wildman–Crippen MR) is 87.2 cm³/mol. The Labute approximate surface area is 143 Å². The lowest BCUT2D eigenvalue weighted by molar-refractivity contribution is -0.310. The predicted octanol–water partition coefficient (Wildman–Crippen LogP) is 0.393. The van der Waals surface area contributed by atoms with Crippen molar-refractivity contribution >= 4 is 22.8 Å². The van der Waals surface area contributed by atoms with Crippen LogP contribution in [0.25, 0.3) is 11.0 Å². The Morgan fingerprint density at radius 2 is 2.16 bits per heavy atom. The minimum absolute atomic E-state index is 0.195. The van der Waals surface area contributed by atoms with Crippen molar-refractivity contribution in [1.82, 2.24) is 4.90 Å². The van der Waals surface area contributed by atoms with E-state index in [-0.39, 0.29) is 12.0 Å². The van der Waals surface area contributed by atoms with Gasteiger partial charge in [0.1, 0.15) is 11.3 Å². The second-order valence-corrected chi connectivity index (χ2v) is 6.10. The van der Waals surface area contributed by atoms with Crippen molar-refractivity contribution in [2.45, 2.75) is 32.2 Å². The van der Waals surface area contributed by atoms with Crippen LogP contribution >= 0.6 is 0 Å². The smallest absolute Gasteiger partial charge is 0.340 e. The van der Waals surface area contributed by atoms with Crippen LogP contribution in [0.15, 0.2) is 27.4 Å². The molecule has 7 nitrogen and oxygen atoms in total. The van der Waals surface area contributed by atoms with Crippen LogP contribution in [0.2, 0.25) is 0 Å². The third kappa shape index (κ3) is 3.09. The number of aliphatic carboxylic acids is 1. The first-order chi connectivity index (χ1) is 11.9. The third-order valence-corrected chi connectivity index (χ3v) is 4.67. The monoisotopic (exact) mass is 344 g/mol. The highest BCUT2D eigenvalue weighted by atomic mass is 16.5. The number of ether oxygens (including phenoxy) is 1. The highest BCUT2D eigenvalue weighted by Gasteiger charge is 2.30. The highest BCUT2D eigenvalue weighted by Crippen LogP contribution is 2.25. The van der Waals surface area contributed by atoms with E-state index in [1.165, 1.54) is 12.0 Å². The first-order valence-electron chi connectivity index (χ1n) is 8.03. The van der Waals surface area contributed by atoms with E-state index in [9.17, 15) is 19.5 Å². The van der Waals surface area contributed by atoms with Crippen LogP contribution < -0.4 is 15.5 Å². The fourth-order valence-corrected chi connectivity index (χ4v) is 3.27. The van der Waals surface area contributed by atoms with Crippen molar-refractivity contribution in [1.29, 1.82) is 0 Å². The number of carbonyl (C=O) groups is 2. The summed E-state index contributed by atoms with van der Waals surface area (Å²) in [5, 5.41) is 11.9. The Balaban J connectivity index is 1.95. The third-order valence-electron chi connectivity index (χ3n) is 4.67. The molecule has 1 aliphatic heterocycles. The van der Waals surface area contributed by atoms with Gasteiger partial charge in [-0.1, -0.05) is 0 Å². The maximum absolute atomic E-state index is 12.5. The van der Waals surface area contributed by atoms with Gasteiger partial charge in [-0.25, -0.2) is 4.79 Å². The molecule has 3 rings (SSSR count). The van der Waals surface area contributed by atoms with E-state index < -0.39 is 23.5 Å². The molecule has 1 amide bonds. The topological polar surface area (TPSA) is 99.9 Å². The van der Waals surface area contributed by atoms with Crippen LogP contribution in [0.4, 0.5) is 0 Å². The van der Waals surface area contributed by atoms with Gasteiger partial charge < -0.3 is 24.0 Å². The van der Waals surface area contributed by atoms with Crippen molar-refractivity contribution in [2.24, 2.45) is 0 Å². The SMILES string of the molecule is COc1ccc2c(C)c(CC(=O)N3CCC[C@@H]3C(=O)[O-])c(=O)oc2c1. The van der Waals surface area contributed by atoms with Crippen molar-refractivity contribution < 1.29 is 23.8 Å². The zero-order valence-corrected chi connectivity index (χ0v) is 14.0. The molecule has 0 spiro atoms. The van der Waals surface area contributed by atoms with Crippen molar-refractivity contribution in [3.05, 3.63) is 39.7 Å². The van der Waals surface area contributed by atoms with E-state index in [1.807, 2.05) is 0 Å². The number of aryl methyl sites for hydroxylation is 1. The molecule has 0 N–H and O–H groups in total. The van der Waals surface area contributed by atoms with E-state index in [0.29, 0.717) is 41.7 Å². The summed E-state index contributed by atoms with van der Waals surface area (Å²) >= 11 is 0. The summed E-state index contributed by atoms with van der Waals surface area (Å²) in [4.78, 5) is 37.2. The van der Waals surface area contributed by atoms with Crippen molar-refractivity contribution in [2.75, 3.05) is 13.7 Å². The van der Waals surface area contributed by atoms with Crippen LogP contribution in [-0.4, -0.2) is 36.5 Å². The number of amides is 1. The summed E-state index contributed by atoms with van der Waals surface area (Å²) in [6.45, 7) is 2.10. The molecule has 1 atom stereocenters. The molecule has 0 radical (unpaired) electrons. The largest absolute Gasteiger partial charge is 0.548 e. The van der Waals surface area contributed by atoms with E-state index in [0.717, 1.165) is 0 Å². The first kappa shape index (κ1) is 17.0. The van der Waals surface area contributed by atoms with Gasteiger partial charge in [-0.3, -0.25) is 4.79 Å². The molecule has 0 saturated carbocycles. The number of benzene rings is 1. The van der Waals surface area contributed by atoms with E-state index in [4.69, 9.17) is 9.15 Å². The number of rotatable bonds is 4. The Kier molecular flexibility index (Phi) is 4.48. The van der Waals surface area contributed by atoms with Gasteiger partial charge in [0.05, 0.1) is 31.1 Å². The molecule has 0 aliphatic carbocycles. The number of likely N-dealkylation sites (tertiary alicyclic amines) is 1. The standard InChI is InChI=1S/C18H19NO6/c1-10-12-6-5-11(24-2)8-15(12)25-18(23)13(10)9-16(20)19-7-3-4-14(19)17(21)22/h5-6,8,14H,3-4,7,9H2,1-2H3,(H,21,22)/p-1/t14-/m1/s1. The minimum atomic E-state index is -1.26. The van der Waals surface area contributed by atoms with Crippen LogP contribution in [0.5, 0.6) is 5.75 Å². The molecule has 1 fully saturated rings. The average Bonchev–Trinajstić information content (AvgIpc) is 3.08. The maximum atomic E-state index is 12.5. The summed E-state index contributed by atoms with van der Waals surface area (Å²) in [6.07, 6.45) is 0.786. The molecule has 1 aliphatic rings. The maximum Gasteiger partial charge on any atom is 0.340 e. The molecule has 2 aromatic rings. The van der Waals surface area contributed by atoms with E-state index in [2.05, 4.69) is 0 Å². The lowest BCUT2D eigenvalue weighted by atomic mass is 10.0. The Hall–Kier alpha value is -2.83. The zero-order valence-electron chi connectivity index (χ0n) is 14.0. The molecule has 0 bridgehead atoms. The molecule has 25 heavy (non-hydrogen) atoms. The minimum Gasteiger partial charge on any atom is -0.548 e. The number of nitrogens with zero attached hydrogens (tertiary/aromatic N) is 1. The number of carboxylic acid groups (broad SMARTS) is 1. The van der Waals surface area contributed by atoms with Crippen molar-refractivity contribution in [3.63, 3.8) is 0 Å². The molecule has 132 valence electrons. The normalized spacial score (nSPS) is 17.0. The van der Waals surface area contributed by atoms with Crippen LogP contribution in [0.1, 0.15) is 24.0 Å². The van der Waals surface area contributed by atoms with E-state index >= 15 is 0 Å². The highest BCUT2D eigenvalue weighted by molar-refractivity contribution is 5.87. The Bertz CT molecular complexity index is 900. The van der Waals surface area contributed by atoms with Gasteiger partial charge in [0.2, 0.25) is 5.91 Å². The lowest BCUT2D eigenvalue weighted by Gasteiger charge is -2.25. The number of hydrogen-bond acceptors (Lipinski definition) is 6. The van der Waals surface area contributed by atoms with Gasteiger partial charge in [0, 0.05) is 18.0 Å². The fraction of sp³-hybridized carbons (Fsp3) is 0.389. The fourth-order valence-electron chi connectivity index (χ4n) is 3.27. The molecule has 2 heterocycles. The molecule has 1 aromatic carbocycles. The number of carboxylic acids is 1. The molecular formula is C18H18NO6-. The number of hydrogen-bond donors (Lipinski definition) is 0. The second kappa shape index (κ2) is 6.58. The molecule has 1 saturated heterocycles. The summed E-state index contributed by atoms with van der Waals surface area (Å²) in [5.74, 6) is -1.11. The second-order valence-electron chi connectivity index (χ2n) is 6.10. The van der Waals surface area contributed by atoms with E-state index in [1.54, 1.807) is 25.1 Å². The number of fused-ring (bicyclic) bond motifs is 1. The molecule has 1 aromatic heterocycles. The quantitative estimate of drug-likeness (QED) is 0.744. The molecule has 0 unspecified atom stereocenters. The average molecular weight is 344 g/mol. The molecule has 7 heteroatoms. The van der Waals surface area contributed by atoms with Crippen LogP contribution in [0.3, 0.4) is 0 Å². The summed E-state index contributed by atoms with van der Waals surface area (Å²) < 4.78 is 10.4. The zero-order chi connectivity index (χ0) is 18.1. The Morgan fingerprint density at radius 3 is 2.84 bits per heavy atom. The molecular weight excluding hydrogens is 326 g/mol. The van der Waals surface area contributed by atoms with Gasteiger partial charge in [-0.05, 0) is 37.5 Å². The number of carbonyl (C=O) groups excluding carboxylic acids is 2. The van der Waals surface area contributed by atoms with Crippen LogP contribution in [-0.2, 0) is 16.0 Å². The van der Waals surface area contributed by atoms with Gasteiger partial charge in [0.25, 0.3) is 0 Å². The lowest BCUT2D eigenvalue weighted by Crippen LogP contribution is -2.47. The number of methoxy groups -OCH3 is 1. The van der Waals surface area contributed by atoms with Gasteiger partial charge in [-0.2, -0.15) is 0 Å². The Morgan fingerprint density at radius 1 is 1.40 bits per heavy atom. The van der Waals surface area contributed by atoms with Gasteiger partial charge in [0.15, 0.2) is 0 Å². The van der Waals surface area contributed by atoms with Crippen molar-refractivity contribution in [3.8, 4) is 5.75 Å².